The fourth-order valence-corrected chi connectivity index (χ4v) is 4.44. The predicted octanol–water partition coefficient (Wildman–Crippen LogP) is 4.75. The van der Waals surface area contributed by atoms with E-state index in [1.165, 1.54) is 17.5 Å². The van der Waals surface area contributed by atoms with Crippen LogP contribution in [-0.2, 0) is 4.74 Å². The third-order valence-corrected chi connectivity index (χ3v) is 6.25. The Balaban J connectivity index is 1.85. The fraction of sp³-hybridized carbons (Fsp3) is 0.130. The van der Waals surface area contributed by atoms with E-state index < -0.39 is 28.0 Å². The smallest absolute Gasteiger partial charge is 0.359 e. The molecule has 1 N–H and O–H groups in total. The van der Waals surface area contributed by atoms with Crippen LogP contribution >= 0.6 is 22.9 Å². The van der Waals surface area contributed by atoms with E-state index in [2.05, 4.69) is 10.4 Å². The van der Waals surface area contributed by atoms with Crippen molar-refractivity contribution in [3.63, 3.8) is 0 Å². The maximum Gasteiger partial charge on any atom is 0.359 e. The molecular formula is C23H17ClN4O6S. The standard InChI is InChI=1S/C23H17ClN4O6S/c1-3-34-23(31)19-15-11-35-21(25-20(29)13-6-9-16(24)17(10-13)28(32)33)18(15)22(30)27(26-19)14-7-4-12(2)5-8-14/h4-11H,3H2,1-2H3,(H,25,29). The Bertz CT molecular complexity index is 1540. The number of anilines is 1. The van der Waals surface area contributed by atoms with Gasteiger partial charge in [0.25, 0.3) is 17.2 Å². The predicted molar refractivity (Wildman–Crippen MR) is 132 cm³/mol. The summed E-state index contributed by atoms with van der Waals surface area (Å²) in [6, 6.07) is 10.6. The number of hydrogen-bond donors (Lipinski definition) is 1. The number of rotatable bonds is 6. The number of nitro groups is 1. The third-order valence-electron chi connectivity index (χ3n) is 5.03. The number of nitro benzene ring substituents is 1. The molecule has 4 aromatic rings. The zero-order valence-electron chi connectivity index (χ0n) is 18.4. The van der Waals surface area contributed by atoms with E-state index in [9.17, 15) is 24.5 Å². The molecule has 12 heteroatoms. The van der Waals surface area contributed by atoms with Crippen molar-refractivity contribution in [1.82, 2.24) is 9.78 Å². The number of carbonyl (C=O) groups is 2. The number of nitrogens with one attached hydrogen (secondary N) is 1. The van der Waals surface area contributed by atoms with Gasteiger partial charge in [-0.2, -0.15) is 9.78 Å². The Morgan fingerprint density at radius 1 is 1.23 bits per heavy atom. The van der Waals surface area contributed by atoms with Crippen molar-refractivity contribution in [2.24, 2.45) is 0 Å². The lowest BCUT2D eigenvalue weighted by Crippen LogP contribution is -2.25. The lowest BCUT2D eigenvalue weighted by atomic mass is 10.2. The molecule has 0 saturated carbocycles. The highest BCUT2D eigenvalue weighted by atomic mass is 35.5. The van der Waals surface area contributed by atoms with E-state index >= 15 is 0 Å². The molecule has 0 aliphatic carbocycles. The van der Waals surface area contributed by atoms with Gasteiger partial charge in [-0.1, -0.05) is 29.3 Å². The number of ether oxygens (including phenoxy) is 1. The Morgan fingerprint density at radius 2 is 1.94 bits per heavy atom. The third kappa shape index (κ3) is 4.63. The second-order valence-electron chi connectivity index (χ2n) is 7.35. The summed E-state index contributed by atoms with van der Waals surface area (Å²) in [5, 5.41) is 19.9. The molecule has 178 valence electrons. The van der Waals surface area contributed by atoms with Gasteiger partial charge < -0.3 is 10.1 Å². The number of hydrogen-bond acceptors (Lipinski definition) is 8. The molecular weight excluding hydrogens is 496 g/mol. The second kappa shape index (κ2) is 9.65. The van der Waals surface area contributed by atoms with Crippen LogP contribution in [0.25, 0.3) is 16.5 Å². The molecule has 0 saturated heterocycles. The van der Waals surface area contributed by atoms with Gasteiger partial charge in [-0.05, 0) is 38.1 Å². The van der Waals surface area contributed by atoms with Crippen LogP contribution in [0.15, 0.2) is 52.6 Å². The molecule has 0 unspecified atom stereocenters. The topological polar surface area (TPSA) is 133 Å². The Morgan fingerprint density at radius 3 is 2.60 bits per heavy atom. The first-order valence-corrected chi connectivity index (χ1v) is 11.5. The molecule has 35 heavy (non-hydrogen) atoms. The van der Waals surface area contributed by atoms with E-state index in [-0.39, 0.29) is 38.7 Å². The normalized spacial score (nSPS) is 10.8. The lowest BCUT2D eigenvalue weighted by molar-refractivity contribution is -0.384. The fourth-order valence-electron chi connectivity index (χ4n) is 3.32. The van der Waals surface area contributed by atoms with Crippen molar-refractivity contribution in [3.8, 4) is 5.69 Å². The number of esters is 1. The van der Waals surface area contributed by atoms with Crippen molar-refractivity contribution in [3.05, 3.63) is 90.2 Å². The number of aryl methyl sites for hydroxylation is 1. The lowest BCUT2D eigenvalue weighted by Gasteiger charge is -2.10. The van der Waals surface area contributed by atoms with Crippen LogP contribution in [0.1, 0.15) is 33.3 Å². The Hall–Kier alpha value is -4.09. The monoisotopic (exact) mass is 512 g/mol. The molecule has 0 aliphatic heterocycles. The second-order valence-corrected chi connectivity index (χ2v) is 8.64. The average molecular weight is 513 g/mol. The van der Waals surface area contributed by atoms with Crippen molar-refractivity contribution in [2.45, 2.75) is 13.8 Å². The van der Waals surface area contributed by atoms with E-state index in [1.54, 1.807) is 31.2 Å². The summed E-state index contributed by atoms with van der Waals surface area (Å²) in [6.07, 6.45) is 0. The van der Waals surface area contributed by atoms with Gasteiger partial charge in [0.1, 0.15) is 10.0 Å². The molecule has 2 aromatic heterocycles. The zero-order chi connectivity index (χ0) is 25.3. The minimum Gasteiger partial charge on any atom is -0.461 e. The molecule has 0 radical (unpaired) electrons. The number of fused-ring (bicyclic) bond motifs is 1. The number of amides is 1. The highest BCUT2D eigenvalue weighted by Crippen LogP contribution is 2.32. The Kier molecular flexibility index (Phi) is 6.63. The van der Waals surface area contributed by atoms with Gasteiger partial charge in [-0.25, -0.2) is 4.79 Å². The van der Waals surface area contributed by atoms with Crippen LogP contribution in [-0.4, -0.2) is 33.2 Å². The van der Waals surface area contributed by atoms with E-state index in [0.29, 0.717) is 5.69 Å². The maximum atomic E-state index is 13.4. The summed E-state index contributed by atoms with van der Waals surface area (Å²) in [5.74, 6) is -1.41. The van der Waals surface area contributed by atoms with Gasteiger partial charge in [-0.15, -0.1) is 11.3 Å². The van der Waals surface area contributed by atoms with Gasteiger partial charge in [0.2, 0.25) is 0 Å². The molecule has 0 bridgehead atoms. The molecule has 0 spiro atoms. The minimum atomic E-state index is -0.720. The molecule has 10 nitrogen and oxygen atoms in total. The van der Waals surface area contributed by atoms with E-state index in [1.807, 2.05) is 6.92 Å². The molecule has 2 aromatic carbocycles. The first kappa shape index (κ1) is 24.0. The number of halogens is 1. The molecule has 1 amide bonds. The Labute approximate surface area is 206 Å². The zero-order valence-corrected chi connectivity index (χ0v) is 20.0. The van der Waals surface area contributed by atoms with Crippen LogP contribution in [0.4, 0.5) is 10.7 Å². The largest absolute Gasteiger partial charge is 0.461 e. The number of benzene rings is 2. The summed E-state index contributed by atoms with van der Waals surface area (Å²) in [7, 11) is 0. The van der Waals surface area contributed by atoms with Crippen LogP contribution in [0.2, 0.25) is 5.02 Å². The first-order valence-electron chi connectivity index (χ1n) is 10.2. The van der Waals surface area contributed by atoms with Crippen LogP contribution in [0.3, 0.4) is 0 Å². The molecule has 0 atom stereocenters. The van der Waals surface area contributed by atoms with Gasteiger partial charge in [-0.3, -0.25) is 19.7 Å². The molecule has 4 rings (SSSR count). The highest BCUT2D eigenvalue weighted by Gasteiger charge is 2.24. The highest BCUT2D eigenvalue weighted by molar-refractivity contribution is 7.16. The summed E-state index contributed by atoms with van der Waals surface area (Å²) in [6.45, 7) is 3.64. The summed E-state index contributed by atoms with van der Waals surface area (Å²) in [4.78, 5) is 49.4. The van der Waals surface area contributed by atoms with Crippen LogP contribution < -0.4 is 10.9 Å². The first-order chi connectivity index (χ1) is 16.7. The van der Waals surface area contributed by atoms with Gasteiger partial charge in [0, 0.05) is 22.4 Å². The van der Waals surface area contributed by atoms with E-state index in [0.717, 1.165) is 27.6 Å². The average Bonchev–Trinajstić information content (AvgIpc) is 3.24. The quantitative estimate of drug-likeness (QED) is 0.224. The van der Waals surface area contributed by atoms with Crippen molar-refractivity contribution in [2.75, 3.05) is 11.9 Å². The van der Waals surface area contributed by atoms with Crippen molar-refractivity contribution in [1.29, 1.82) is 0 Å². The molecule has 0 aliphatic rings. The minimum absolute atomic E-state index is 0.0267. The number of nitrogens with zero attached hydrogens (tertiary/aromatic N) is 3. The van der Waals surface area contributed by atoms with Gasteiger partial charge >= 0.3 is 5.97 Å². The van der Waals surface area contributed by atoms with Crippen LogP contribution in [0, 0.1) is 17.0 Å². The maximum absolute atomic E-state index is 13.4. The number of carbonyl (C=O) groups excluding carboxylic acids is 2. The summed E-state index contributed by atoms with van der Waals surface area (Å²) >= 11 is 6.85. The SMILES string of the molecule is CCOC(=O)c1nn(-c2ccc(C)cc2)c(=O)c2c(NC(=O)c3ccc(Cl)c([N+](=O)[O-])c3)scc12. The summed E-state index contributed by atoms with van der Waals surface area (Å²) < 4.78 is 6.19. The molecule has 0 fully saturated rings. The van der Waals surface area contributed by atoms with Crippen molar-refractivity contribution < 1.29 is 19.2 Å². The van der Waals surface area contributed by atoms with E-state index in [4.69, 9.17) is 16.3 Å². The summed E-state index contributed by atoms with van der Waals surface area (Å²) in [5.41, 5.74) is 0.294. The van der Waals surface area contributed by atoms with Gasteiger partial charge in [0.15, 0.2) is 5.69 Å². The number of aromatic nitrogens is 2. The molecule has 2 heterocycles. The van der Waals surface area contributed by atoms with Gasteiger partial charge in [0.05, 0.1) is 22.6 Å². The number of thiophene rings is 1. The van der Waals surface area contributed by atoms with Crippen LogP contribution in [0.5, 0.6) is 0 Å². The van der Waals surface area contributed by atoms with Crippen molar-refractivity contribution >= 4 is 56.3 Å².